The fourth-order valence-electron chi connectivity index (χ4n) is 0.976. The first-order chi connectivity index (χ1) is 6.45. The third-order valence-electron chi connectivity index (χ3n) is 1.62. The van der Waals surface area contributed by atoms with E-state index in [0.717, 1.165) is 11.4 Å². The number of anilines is 1. The molecule has 0 radical (unpaired) electrons. The highest BCUT2D eigenvalue weighted by molar-refractivity contribution is 5.31. The van der Waals surface area contributed by atoms with Gasteiger partial charge in [-0.15, -0.1) is 0 Å². The predicted molar refractivity (Wildman–Crippen MR) is 48.1 cm³/mol. The summed E-state index contributed by atoms with van der Waals surface area (Å²) in [6, 6.07) is 1.91. The highest BCUT2D eigenvalue weighted by Gasteiger charge is 1.94. The molecular formula is C9H9N3O. The Morgan fingerprint density at radius 2 is 2.38 bits per heavy atom. The summed E-state index contributed by atoms with van der Waals surface area (Å²) in [5.41, 5.74) is 1.09. The van der Waals surface area contributed by atoms with Crippen molar-refractivity contribution in [2.45, 2.75) is 6.54 Å². The maximum atomic E-state index is 4.93. The van der Waals surface area contributed by atoms with Crippen LogP contribution in [0.3, 0.4) is 0 Å². The standard InChI is InChI=1S/C9H9N3O/c1-4-13-7-8(1)5-12-9-6-10-2-3-11-9/h1-4,6-7H,5H2,(H,11,12). The molecule has 2 aromatic heterocycles. The van der Waals surface area contributed by atoms with Gasteiger partial charge in [0.1, 0.15) is 5.82 Å². The Labute approximate surface area is 75.6 Å². The van der Waals surface area contributed by atoms with E-state index in [4.69, 9.17) is 4.42 Å². The van der Waals surface area contributed by atoms with E-state index in [9.17, 15) is 0 Å². The summed E-state index contributed by atoms with van der Waals surface area (Å²) < 4.78 is 4.93. The van der Waals surface area contributed by atoms with E-state index in [-0.39, 0.29) is 0 Å². The summed E-state index contributed by atoms with van der Waals surface area (Å²) in [6.07, 6.45) is 8.32. The molecule has 66 valence electrons. The second-order valence-corrected chi connectivity index (χ2v) is 2.58. The van der Waals surface area contributed by atoms with Gasteiger partial charge in [-0.3, -0.25) is 4.98 Å². The van der Waals surface area contributed by atoms with E-state index in [0.29, 0.717) is 6.54 Å². The quantitative estimate of drug-likeness (QED) is 0.771. The molecule has 0 aliphatic heterocycles. The van der Waals surface area contributed by atoms with Crippen molar-refractivity contribution in [3.8, 4) is 0 Å². The lowest BCUT2D eigenvalue weighted by atomic mass is 10.3. The van der Waals surface area contributed by atoms with Crippen molar-refractivity contribution in [2.24, 2.45) is 0 Å². The van der Waals surface area contributed by atoms with Crippen LogP contribution in [0.1, 0.15) is 5.56 Å². The molecule has 0 bridgehead atoms. The Morgan fingerprint density at radius 1 is 1.38 bits per heavy atom. The molecule has 0 atom stereocenters. The van der Waals surface area contributed by atoms with Crippen molar-refractivity contribution in [3.05, 3.63) is 42.7 Å². The topological polar surface area (TPSA) is 51.0 Å². The number of rotatable bonds is 3. The third-order valence-corrected chi connectivity index (χ3v) is 1.62. The highest BCUT2D eigenvalue weighted by atomic mass is 16.3. The lowest BCUT2D eigenvalue weighted by Gasteiger charge is -2.00. The highest BCUT2D eigenvalue weighted by Crippen LogP contribution is 2.03. The number of nitrogens with one attached hydrogen (secondary N) is 1. The van der Waals surface area contributed by atoms with Crippen molar-refractivity contribution in [2.75, 3.05) is 5.32 Å². The zero-order chi connectivity index (χ0) is 8.93. The molecule has 4 heteroatoms. The number of aromatic nitrogens is 2. The molecule has 0 aliphatic carbocycles. The van der Waals surface area contributed by atoms with Crippen molar-refractivity contribution in [1.82, 2.24) is 9.97 Å². The average molecular weight is 175 g/mol. The van der Waals surface area contributed by atoms with Crippen LogP contribution in [-0.4, -0.2) is 9.97 Å². The van der Waals surface area contributed by atoms with Crippen LogP contribution in [0.25, 0.3) is 0 Å². The molecule has 0 fully saturated rings. The minimum Gasteiger partial charge on any atom is -0.472 e. The Morgan fingerprint density at radius 3 is 3.08 bits per heavy atom. The number of hydrogen-bond donors (Lipinski definition) is 1. The zero-order valence-corrected chi connectivity index (χ0v) is 6.97. The number of hydrogen-bond acceptors (Lipinski definition) is 4. The van der Waals surface area contributed by atoms with Gasteiger partial charge in [0.15, 0.2) is 0 Å². The first-order valence-corrected chi connectivity index (χ1v) is 3.96. The molecule has 0 saturated heterocycles. The van der Waals surface area contributed by atoms with E-state index in [1.807, 2.05) is 6.07 Å². The van der Waals surface area contributed by atoms with Gasteiger partial charge in [-0.2, -0.15) is 0 Å². The fourth-order valence-corrected chi connectivity index (χ4v) is 0.976. The lowest BCUT2D eigenvalue weighted by molar-refractivity contribution is 0.564. The van der Waals surface area contributed by atoms with E-state index >= 15 is 0 Å². The summed E-state index contributed by atoms with van der Waals surface area (Å²) in [5, 5.41) is 3.11. The van der Waals surface area contributed by atoms with Crippen LogP contribution in [-0.2, 0) is 6.54 Å². The van der Waals surface area contributed by atoms with Crippen LogP contribution in [0.15, 0.2) is 41.6 Å². The predicted octanol–water partition coefficient (Wildman–Crippen LogP) is 1.68. The molecular weight excluding hydrogens is 166 g/mol. The Bertz CT molecular complexity index is 344. The minimum absolute atomic E-state index is 0.704. The normalized spacial score (nSPS) is 9.85. The molecule has 2 aromatic rings. The number of furan rings is 1. The van der Waals surface area contributed by atoms with Crippen LogP contribution < -0.4 is 5.32 Å². The molecule has 1 N–H and O–H groups in total. The van der Waals surface area contributed by atoms with Gasteiger partial charge in [-0.05, 0) is 6.07 Å². The summed E-state index contributed by atoms with van der Waals surface area (Å²) >= 11 is 0. The smallest absolute Gasteiger partial charge is 0.144 e. The fraction of sp³-hybridized carbons (Fsp3) is 0.111. The van der Waals surface area contributed by atoms with Crippen LogP contribution in [0, 0.1) is 0 Å². The molecule has 0 aromatic carbocycles. The van der Waals surface area contributed by atoms with Crippen LogP contribution in [0.5, 0.6) is 0 Å². The largest absolute Gasteiger partial charge is 0.472 e. The maximum absolute atomic E-state index is 4.93. The Hall–Kier alpha value is -1.84. The van der Waals surface area contributed by atoms with Gasteiger partial charge in [0.2, 0.25) is 0 Å². The summed E-state index contributed by atoms with van der Waals surface area (Å²) in [6.45, 7) is 0.704. The molecule has 0 spiro atoms. The second kappa shape index (κ2) is 3.71. The van der Waals surface area contributed by atoms with Crippen molar-refractivity contribution in [3.63, 3.8) is 0 Å². The van der Waals surface area contributed by atoms with Crippen molar-refractivity contribution in [1.29, 1.82) is 0 Å². The van der Waals surface area contributed by atoms with E-state index < -0.39 is 0 Å². The van der Waals surface area contributed by atoms with Crippen molar-refractivity contribution >= 4 is 5.82 Å². The van der Waals surface area contributed by atoms with E-state index in [1.54, 1.807) is 31.1 Å². The molecule has 0 saturated carbocycles. The maximum Gasteiger partial charge on any atom is 0.144 e. The lowest BCUT2D eigenvalue weighted by Crippen LogP contribution is -1.99. The van der Waals surface area contributed by atoms with E-state index in [1.165, 1.54) is 0 Å². The van der Waals surface area contributed by atoms with Crippen molar-refractivity contribution < 1.29 is 4.42 Å². The minimum atomic E-state index is 0.704. The van der Waals surface area contributed by atoms with Gasteiger partial charge < -0.3 is 9.73 Å². The van der Waals surface area contributed by atoms with Gasteiger partial charge in [0, 0.05) is 24.5 Å². The zero-order valence-electron chi connectivity index (χ0n) is 6.97. The first-order valence-electron chi connectivity index (χ1n) is 3.96. The van der Waals surface area contributed by atoms with Crippen LogP contribution in [0.2, 0.25) is 0 Å². The molecule has 2 rings (SSSR count). The average Bonchev–Trinajstić information content (AvgIpc) is 2.69. The van der Waals surface area contributed by atoms with Gasteiger partial charge in [-0.1, -0.05) is 0 Å². The van der Waals surface area contributed by atoms with Gasteiger partial charge in [-0.25, -0.2) is 4.98 Å². The van der Waals surface area contributed by atoms with Crippen LogP contribution >= 0.6 is 0 Å². The third kappa shape index (κ3) is 2.05. The summed E-state index contributed by atoms with van der Waals surface area (Å²) in [4.78, 5) is 8.01. The molecule has 0 aliphatic rings. The monoisotopic (exact) mass is 175 g/mol. The SMILES string of the molecule is c1cnc(NCc2ccoc2)cn1. The molecule has 13 heavy (non-hydrogen) atoms. The van der Waals surface area contributed by atoms with Gasteiger partial charge in [0.25, 0.3) is 0 Å². The first kappa shape index (κ1) is 7.79. The second-order valence-electron chi connectivity index (χ2n) is 2.58. The molecule has 2 heterocycles. The number of nitrogens with zero attached hydrogens (tertiary/aromatic N) is 2. The Balaban J connectivity index is 1.94. The van der Waals surface area contributed by atoms with Gasteiger partial charge in [0.05, 0.1) is 18.7 Å². The molecule has 4 nitrogen and oxygen atoms in total. The molecule has 0 unspecified atom stereocenters. The Kier molecular flexibility index (Phi) is 2.22. The summed E-state index contributed by atoms with van der Waals surface area (Å²) in [7, 11) is 0. The summed E-state index contributed by atoms with van der Waals surface area (Å²) in [5.74, 6) is 0.767. The van der Waals surface area contributed by atoms with Crippen LogP contribution in [0.4, 0.5) is 5.82 Å². The molecule has 0 amide bonds. The van der Waals surface area contributed by atoms with E-state index in [2.05, 4.69) is 15.3 Å². The van der Waals surface area contributed by atoms with Gasteiger partial charge >= 0.3 is 0 Å².